The Morgan fingerprint density at radius 2 is 0.745 bits per heavy atom. The van der Waals surface area contributed by atoms with Crippen LogP contribution < -0.4 is 55.4 Å². The summed E-state index contributed by atoms with van der Waals surface area (Å²) in [4.78, 5) is 68.3. The molecule has 110 heavy (non-hydrogen) atoms. The van der Waals surface area contributed by atoms with E-state index in [1.54, 1.807) is 30.3 Å². The molecule has 0 unspecified atom stereocenters. The molecule has 584 valence electrons. The fourth-order valence-electron chi connectivity index (χ4n) is 12.3. The molecule has 3 amide bonds. The molecule has 2 atom stereocenters. The second kappa shape index (κ2) is 34.5. The molecule has 3 aromatic carbocycles. The number of nitrogens with zero attached hydrogens (tertiary/aromatic N) is 8. The van der Waals surface area contributed by atoms with Gasteiger partial charge in [0.1, 0.15) is 68.9 Å². The van der Waals surface area contributed by atoms with E-state index in [0.717, 1.165) is 12.8 Å². The van der Waals surface area contributed by atoms with Crippen LogP contribution in [-0.2, 0) is 30.1 Å². The van der Waals surface area contributed by atoms with E-state index in [2.05, 4.69) is 43.2 Å². The summed E-state index contributed by atoms with van der Waals surface area (Å²) in [6, 6.07) is 34.0. The van der Waals surface area contributed by atoms with Crippen molar-refractivity contribution in [1.82, 2.24) is 44.1 Å². The van der Waals surface area contributed by atoms with Gasteiger partial charge in [-0.05, 0) is 179 Å². The van der Waals surface area contributed by atoms with Gasteiger partial charge in [0.25, 0.3) is 47.8 Å². The Hall–Kier alpha value is -10.7. The van der Waals surface area contributed by atoms with Gasteiger partial charge in [0.2, 0.25) is 0 Å². The molecule has 0 spiro atoms. The van der Waals surface area contributed by atoms with Gasteiger partial charge in [-0.1, -0.05) is 85.2 Å². The molecule has 0 saturated carbocycles. The van der Waals surface area contributed by atoms with Gasteiger partial charge in [-0.2, -0.15) is 25.3 Å². The van der Waals surface area contributed by atoms with Gasteiger partial charge in [-0.25, -0.2) is 57.2 Å². The average molecular weight is 1590 g/mol. The van der Waals surface area contributed by atoms with E-state index in [1.807, 2.05) is 83.8 Å². The summed E-state index contributed by atoms with van der Waals surface area (Å²) in [5.41, 5.74) is 18.5. The van der Waals surface area contributed by atoms with Crippen molar-refractivity contribution in [3.8, 4) is 51.0 Å². The van der Waals surface area contributed by atoms with E-state index < -0.39 is 70.3 Å². The van der Waals surface area contributed by atoms with E-state index in [4.69, 9.17) is 53.0 Å². The van der Waals surface area contributed by atoms with Crippen molar-refractivity contribution in [2.75, 3.05) is 59.9 Å². The Morgan fingerprint density at radius 1 is 0.455 bits per heavy atom. The van der Waals surface area contributed by atoms with E-state index in [0.29, 0.717) is 102 Å². The van der Waals surface area contributed by atoms with Gasteiger partial charge in [0.15, 0.2) is 15.1 Å². The Kier molecular flexibility index (Phi) is 26.1. The lowest BCUT2D eigenvalue weighted by molar-refractivity contribution is 0.0972. The predicted octanol–water partition coefficient (Wildman–Crippen LogP) is 13.0. The van der Waals surface area contributed by atoms with Crippen LogP contribution in [0.1, 0.15) is 127 Å². The van der Waals surface area contributed by atoms with Gasteiger partial charge in [0.05, 0.1) is 53.6 Å². The number of hydrogen-bond acceptors (Lipinski definition) is 23. The van der Waals surface area contributed by atoms with Crippen LogP contribution in [0.3, 0.4) is 0 Å². The Labute approximate surface area is 643 Å². The van der Waals surface area contributed by atoms with Gasteiger partial charge in [-0.3, -0.25) is 14.4 Å². The van der Waals surface area contributed by atoms with Crippen LogP contribution >= 0.6 is 11.6 Å². The number of halogens is 4. The number of anilines is 5. The smallest absolute Gasteiger partial charge is 0.281 e. The largest absolute Gasteiger partial charge is 0.493 e. The molecular formula is C77H88ClF3N14O12S3. The summed E-state index contributed by atoms with van der Waals surface area (Å²) in [6.45, 7) is 26.8. The number of ether oxygens (including phenoxy) is 3. The zero-order valence-electron chi connectivity index (χ0n) is 62.6. The summed E-state index contributed by atoms with van der Waals surface area (Å²) >= 11 is 6.13. The number of nitrogens with one attached hydrogen (secondary N) is 3. The summed E-state index contributed by atoms with van der Waals surface area (Å²) in [5, 5.41) is -1.42. The van der Waals surface area contributed by atoms with Crippen molar-refractivity contribution < 1.29 is 67.0 Å². The maximum absolute atomic E-state index is 14.5. The molecule has 0 aliphatic carbocycles. The van der Waals surface area contributed by atoms with Gasteiger partial charge < -0.3 is 41.2 Å². The highest BCUT2D eigenvalue weighted by Crippen LogP contribution is 2.41. The fourth-order valence-corrected chi connectivity index (χ4v) is 15.3. The number of nitrogen functional groups attached to an aromatic ring is 3. The fraction of sp³-hybridized carbons (Fsp3) is 0.338. The molecule has 26 nitrogen and oxygen atoms in total. The normalized spacial score (nSPS) is 15.3. The first-order chi connectivity index (χ1) is 51.5. The quantitative estimate of drug-likeness (QED) is 0.0324. The summed E-state index contributed by atoms with van der Waals surface area (Å²) in [7, 11) is -12.9. The van der Waals surface area contributed by atoms with Crippen LogP contribution in [-0.4, -0.2) is 117 Å². The molecule has 9 aromatic rings. The molecule has 0 radical (unpaired) electrons. The molecule has 6 aromatic heterocycles. The zero-order valence-corrected chi connectivity index (χ0v) is 65.8. The first-order valence-electron chi connectivity index (χ1n) is 35.0. The monoisotopic (exact) mass is 1590 g/mol. The van der Waals surface area contributed by atoms with Crippen LogP contribution in [0, 0.1) is 47.0 Å². The standard InChI is InChI=1S/2C28H34FN5O4S.C21H20ClFN4O4S/c2*1-17(2)16-38-21-12-19(11-20(29)13-21)23-10-9-22(26(31-23)34-15-18(3)14-28(34,4)5)27(35)33-39(36,37)25-8-6-7-24(30)32-25;1-12(2)11-31-15-9-13(8-14(23)10-15)17-7-6-16(20(22)25-17)21(28)27-32(29,30)19-5-3-4-18(24)26-19/h2*6-13,17-18H,14-16H2,1-5H3,(H2,30,32)(H,33,35);3-10,12H,11H2,1-2H3,(H2,24,26)(H,27,28)/t2*18-;/m10./s1. The van der Waals surface area contributed by atoms with Crippen molar-refractivity contribution in [2.45, 2.75) is 122 Å². The number of hydrogen-bond donors (Lipinski definition) is 6. The van der Waals surface area contributed by atoms with Crippen molar-refractivity contribution in [2.24, 2.45) is 29.6 Å². The lowest BCUT2D eigenvalue weighted by Gasteiger charge is -2.34. The molecular weight excluding hydrogens is 1500 g/mol. The molecule has 9 N–H and O–H groups in total. The number of pyridine rings is 6. The van der Waals surface area contributed by atoms with E-state index in [9.17, 15) is 52.8 Å². The van der Waals surface area contributed by atoms with Crippen molar-refractivity contribution in [1.29, 1.82) is 0 Å². The number of aromatic nitrogens is 6. The Balaban J connectivity index is 0.000000191. The number of benzene rings is 3. The minimum Gasteiger partial charge on any atom is -0.493 e. The minimum absolute atomic E-state index is 0.0108. The number of rotatable bonds is 23. The lowest BCUT2D eigenvalue weighted by Crippen LogP contribution is -2.41. The highest BCUT2D eigenvalue weighted by molar-refractivity contribution is 7.90. The maximum Gasteiger partial charge on any atom is 0.281 e. The summed E-state index contributed by atoms with van der Waals surface area (Å²) < 4.78 is 143. The van der Waals surface area contributed by atoms with Crippen LogP contribution in [0.5, 0.6) is 17.2 Å². The second-order valence-electron chi connectivity index (χ2n) is 29.3. The van der Waals surface area contributed by atoms with E-state index in [1.165, 1.54) is 115 Å². The highest BCUT2D eigenvalue weighted by atomic mass is 35.5. The van der Waals surface area contributed by atoms with E-state index in [-0.39, 0.29) is 83.9 Å². The summed E-state index contributed by atoms with van der Waals surface area (Å²) in [5.74, 6) is -1.10. The Bertz CT molecular complexity index is 5050. The molecule has 2 fully saturated rings. The SMILES string of the molecule is CC(C)COc1cc(F)cc(-c2ccc(C(=O)NS(=O)(=O)c3cccc(N)n3)c(Cl)n2)c1.CC(C)COc1cc(F)cc(-c2ccc(C(=O)NS(=O)(=O)c3cccc(N)n3)c(N3C[C@@H](C)CC3(C)C)n2)c1.CC(C)COc1cc(F)cc(-c2ccc(C(=O)NS(=O)(=O)c3cccc(N)n3)c(N3C[C@H](C)CC3(C)C)n2)c1. The third-order valence-corrected chi connectivity index (χ3v) is 21.0. The molecule has 2 saturated heterocycles. The molecule has 33 heteroatoms. The second-order valence-corrected chi connectivity index (χ2v) is 34.5. The molecule has 2 aliphatic heterocycles. The van der Waals surface area contributed by atoms with Crippen molar-refractivity contribution in [3.05, 3.63) is 185 Å². The molecule has 2 aliphatic rings. The predicted molar refractivity (Wildman–Crippen MR) is 415 cm³/mol. The van der Waals surface area contributed by atoms with Crippen molar-refractivity contribution in [3.63, 3.8) is 0 Å². The van der Waals surface area contributed by atoms with Crippen molar-refractivity contribution >= 4 is 88.5 Å². The van der Waals surface area contributed by atoms with Gasteiger partial charge >= 0.3 is 0 Å². The molecule has 8 heterocycles. The topological polar surface area (TPSA) is 379 Å². The van der Waals surface area contributed by atoms with Gasteiger partial charge in [0, 0.05) is 59.1 Å². The number of carbonyl (C=O) groups is 3. The number of amides is 3. The first-order valence-corrected chi connectivity index (χ1v) is 39.8. The third kappa shape index (κ3) is 21.6. The van der Waals surface area contributed by atoms with Crippen LogP contribution in [0.15, 0.2) is 161 Å². The maximum atomic E-state index is 14.5. The highest BCUT2D eigenvalue weighted by Gasteiger charge is 2.41. The Morgan fingerprint density at radius 3 is 1.02 bits per heavy atom. The third-order valence-electron chi connectivity index (χ3n) is 17.0. The van der Waals surface area contributed by atoms with E-state index >= 15 is 0 Å². The van der Waals surface area contributed by atoms with Crippen LogP contribution in [0.2, 0.25) is 5.15 Å². The average Bonchev–Trinajstić information content (AvgIpc) is 1.57. The number of carbonyl (C=O) groups excluding carboxylic acids is 3. The van der Waals surface area contributed by atoms with Gasteiger partial charge in [-0.15, -0.1) is 0 Å². The molecule has 0 bridgehead atoms. The minimum atomic E-state index is -4.30. The van der Waals surface area contributed by atoms with Crippen LogP contribution in [0.4, 0.5) is 42.3 Å². The number of nitrogens with two attached hydrogens (primary N) is 3. The number of sulfonamides is 3. The summed E-state index contributed by atoms with van der Waals surface area (Å²) in [6.07, 6.45) is 1.69. The first kappa shape index (κ1) is 83.3. The lowest BCUT2D eigenvalue weighted by atomic mass is 9.97. The zero-order chi connectivity index (χ0) is 80.5. The molecule has 11 rings (SSSR count). The van der Waals surface area contributed by atoms with Crippen LogP contribution in [0.25, 0.3) is 33.8 Å².